The molecule has 5 heteroatoms. The lowest BCUT2D eigenvalue weighted by molar-refractivity contribution is -0.148. The molecule has 3 atom stereocenters. The van der Waals surface area contributed by atoms with Gasteiger partial charge in [0.25, 0.3) is 0 Å². The Morgan fingerprint density at radius 2 is 2.12 bits per heavy atom. The van der Waals surface area contributed by atoms with Gasteiger partial charge < -0.3 is 10.2 Å². The van der Waals surface area contributed by atoms with Crippen LogP contribution in [0, 0.1) is 0 Å². The number of piperazine rings is 1. The molecule has 0 radical (unpaired) electrons. The third-order valence-corrected chi connectivity index (χ3v) is 3.89. The highest BCUT2D eigenvalue weighted by Gasteiger charge is 2.37. The second-order valence-corrected chi connectivity index (χ2v) is 5.47. The van der Waals surface area contributed by atoms with Crippen molar-refractivity contribution >= 4 is 23.6 Å². The Bertz CT molecular complexity index is 283. The first-order valence-electron chi connectivity index (χ1n) is 5.64. The number of hydrogen-bond donors (Lipinski definition) is 1. The maximum absolute atomic E-state index is 12.0. The first-order valence-corrected chi connectivity index (χ1v) is 6.93. The van der Waals surface area contributed by atoms with Crippen LogP contribution in [0.4, 0.5) is 0 Å². The van der Waals surface area contributed by atoms with Gasteiger partial charge in [0.1, 0.15) is 12.1 Å². The zero-order valence-corrected chi connectivity index (χ0v) is 11.1. The fourth-order valence-electron chi connectivity index (χ4n) is 1.89. The average Bonchev–Trinajstić information content (AvgIpc) is 2.25. The fourth-order valence-corrected chi connectivity index (χ4v) is 2.20. The van der Waals surface area contributed by atoms with Gasteiger partial charge in [-0.1, -0.05) is 13.8 Å². The van der Waals surface area contributed by atoms with E-state index in [-0.39, 0.29) is 23.9 Å². The fraction of sp³-hybridized carbons (Fsp3) is 0.818. The molecule has 1 aliphatic rings. The van der Waals surface area contributed by atoms with E-state index in [1.807, 2.05) is 13.2 Å². The van der Waals surface area contributed by atoms with Crippen LogP contribution in [0.1, 0.15) is 27.2 Å². The van der Waals surface area contributed by atoms with Crippen molar-refractivity contribution in [1.82, 2.24) is 10.2 Å². The molecule has 0 aromatic carbocycles. The van der Waals surface area contributed by atoms with E-state index < -0.39 is 0 Å². The average molecular weight is 244 g/mol. The first-order chi connectivity index (χ1) is 7.51. The summed E-state index contributed by atoms with van der Waals surface area (Å²) in [5.74, 6) is 0.00949. The summed E-state index contributed by atoms with van der Waals surface area (Å²) < 4.78 is 0. The molecule has 0 saturated carbocycles. The minimum atomic E-state index is -0.385. The van der Waals surface area contributed by atoms with Crippen molar-refractivity contribution < 1.29 is 9.59 Å². The van der Waals surface area contributed by atoms with E-state index in [1.165, 1.54) is 0 Å². The number of carbonyl (C=O) groups excluding carboxylic acids is 2. The van der Waals surface area contributed by atoms with Crippen molar-refractivity contribution in [2.75, 3.05) is 12.8 Å². The van der Waals surface area contributed by atoms with Crippen molar-refractivity contribution in [3.05, 3.63) is 0 Å². The van der Waals surface area contributed by atoms with Gasteiger partial charge in [0.15, 0.2) is 0 Å². The van der Waals surface area contributed by atoms with E-state index in [9.17, 15) is 9.59 Å². The zero-order chi connectivity index (χ0) is 12.3. The second-order valence-electron chi connectivity index (χ2n) is 4.19. The monoisotopic (exact) mass is 244 g/mol. The summed E-state index contributed by atoms with van der Waals surface area (Å²) in [7, 11) is 0. The van der Waals surface area contributed by atoms with Gasteiger partial charge in [0, 0.05) is 11.8 Å². The van der Waals surface area contributed by atoms with E-state index in [0.29, 0.717) is 18.2 Å². The molecular weight excluding hydrogens is 224 g/mol. The lowest BCUT2D eigenvalue weighted by Crippen LogP contribution is -2.63. The first kappa shape index (κ1) is 13.4. The van der Waals surface area contributed by atoms with Crippen molar-refractivity contribution in [1.29, 1.82) is 0 Å². The zero-order valence-electron chi connectivity index (χ0n) is 10.3. The van der Waals surface area contributed by atoms with Gasteiger partial charge in [-0.3, -0.25) is 9.59 Å². The van der Waals surface area contributed by atoms with Crippen LogP contribution in [0.2, 0.25) is 0 Å². The maximum Gasteiger partial charge on any atom is 0.245 e. The Morgan fingerprint density at radius 3 is 2.62 bits per heavy atom. The number of amides is 2. The Morgan fingerprint density at radius 1 is 1.50 bits per heavy atom. The molecule has 1 heterocycles. The van der Waals surface area contributed by atoms with Gasteiger partial charge in [-0.25, -0.2) is 0 Å². The number of rotatable bonds is 4. The molecule has 0 aromatic heterocycles. The number of nitrogens with one attached hydrogen (secondary N) is 1. The Kier molecular flexibility index (Phi) is 4.65. The van der Waals surface area contributed by atoms with Gasteiger partial charge in [0.05, 0.1) is 0 Å². The van der Waals surface area contributed by atoms with E-state index in [2.05, 4.69) is 12.2 Å². The Hall–Kier alpha value is -0.710. The molecule has 0 aromatic rings. The molecule has 1 aliphatic heterocycles. The minimum absolute atomic E-state index is 0.0251. The SMILES string of the molecule is CCC1C(=O)NC(C)C(=O)N1CC(C)SC. The van der Waals surface area contributed by atoms with Crippen LogP contribution in [-0.4, -0.2) is 46.8 Å². The summed E-state index contributed by atoms with van der Waals surface area (Å²) >= 11 is 1.71. The molecule has 1 saturated heterocycles. The van der Waals surface area contributed by atoms with Crippen molar-refractivity contribution in [3.63, 3.8) is 0 Å². The normalized spacial score (nSPS) is 27.9. The molecule has 0 aliphatic carbocycles. The largest absolute Gasteiger partial charge is 0.343 e. The standard InChI is InChI=1S/C11H20N2O2S/c1-5-9-10(14)12-8(3)11(15)13(9)6-7(2)16-4/h7-9H,5-6H2,1-4H3,(H,12,14). The summed E-state index contributed by atoms with van der Waals surface area (Å²) in [6.07, 6.45) is 2.69. The van der Waals surface area contributed by atoms with E-state index in [4.69, 9.17) is 0 Å². The predicted octanol–water partition coefficient (Wildman–Crippen LogP) is 0.863. The van der Waals surface area contributed by atoms with E-state index in [1.54, 1.807) is 23.6 Å². The summed E-state index contributed by atoms with van der Waals surface area (Å²) in [5, 5.41) is 3.07. The third-order valence-electron chi connectivity index (χ3n) is 2.93. The Labute approximate surface area is 101 Å². The van der Waals surface area contributed by atoms with Crippen LogP contribution in [0.15, 0.2) is 0 Å². The number of hydrogen-bond acceptors (Lipinski definition) is 3. The maximum atomic E-state index is 12.0. The number of carbonyl (C=O) groups is 2. The minimum Gasteiger partial charge on any atom is -0.343 e. The smallest absolute Gasteiger partial charge is 0.245 e. The van der Waals surface area contributed by atoms with Crippen LogP contribution in [0.3, 0.4) is 0 Å². The topological polar surface area (TPSA) is 49.4 Å². The van der Waals surface area contributed by atoms with Gasteiger partial charge in [-0.15, -0.1) is 0 Å². The van der Waals surface area contributed by atoms with Gasteiger partial charge in [-0.05, 0) is 19.6 Å². The highest BCUT2D eigenvalue weighted by atomic mass is 32.2. The highest BCUT2D eigenvalue weighted by molar-refractivity contribution is 7.99. The molecule has 16 heavy (non-hydrogen) atoms. The molecule has 2 amide bonds. The van der Waals surface area contributed by atoms with E-state index >= 15 is 0 Å². The van der Waals surface area contributed by atoms with Gasteiger partial charge in [0.2, 0.25) is 11.8 Å². The van der Waals surface area contributed by atoms with Gasteiger partial charge >= 0.3 is 0 Å². The molecular formula is C11H20N2O2S. The third kappa shape index (κ3) is 2.70. The highest BCUT2D eigenvalue weighted by Crippen LogP contribution is 2.16. The quantitative estimate of drug-likeness (QED) is 0.798. The predicted molar refractivity (Wildman–Crippen MR) is 66.4 cm³/mol. The number of thioether (sulfide) groups is 1. The molecule has 3 unspecified atom stereocenters. The summed E-state index contributed by atoms with van der Waals surface area (Å²) in [6, 6.07) is -0.678. The van der Waals surface area contributed by atoms with Crippen LogP contribution in [0.5, 0.6) is 0 Å². The molecule has 4 nitrogen and oxygen atoms in total. The lowest BCUT2D eigenvalue weighted by atomic mass is 10.1. The molecule has 1 N–H and O–H groups in total. The van der Waals surface area contributed by atoms with Crippen LogP contribution < -0.4 is 5.32 Å². The van der Waals surface area contributed by atoms with Gasteiger partial charge in [-0.2, -0.15) is 11.8 Å². The molecule has 0 spiro atoms. The van der Waals surface area contributed by atoms with Crippen molar-refractivity contribution in [2.24, 2.45) is 0 Å². The summed E-state index contributed by atoms with van der Waals surface area (Å²) in [5.41, 5.74) is 0. The second kappa shape index (κ2) is 5.57. The lowest BCUT2D eigenvalue weighted by Gasteiger charge is -2.38. The summed E-state index contributed by atoms with van der Waals surface area (Å²) in [4.78, 5) is 25.5. The van der Waals surface area contributed by atoms with Crippen LogP contribution in [0.25, 0.3) is 0 Å². The molecule has 1 fully saturated rings. The van der Waals surface area contributed by atoms with Crippen molar-refractivity contribution in [3.8, 4) is 0 Å². The Balaban J connectivity index is 2.80. The molecule has 92 valence electrons. The summed E-state index contributed by atoms with van der Waals surface area (Å²) in [6.45, 7) is 6.39. The number of nitrogens with zero attached hydrogens (tertiary/aromatic N) is 1. The van der Waals surface area contributed by atoms with E-state index in [0.717, 1.165) is 0 Å². The van der Waals surface area contributed by atoms with Crippen LogP contribution in [-0.2, 0) is 9.59 Å². The molecule has 1 rings (SSSR count). The van der Waals surface area contributed by atoms with Crippen molar-refractivity contribution in [2.45, 2.75) is 44.5 Å². The van der Waals surface area contributed by atoms with Crippen LogP contribution >= 0.6 is 11.8 Å². The molecule has 0 bridgehead atoms.